The zero-order chi connectivity index (χ0) is 19.4. The summed E-state index contributed by atoms with van der Waals surface area (Å²) in [4.78, 5) is 31.0. The quantitative estimate of drug-likeness (QED) is 0.890. The van der Waals surface area contributed by atoms with Gasteiger partial charge in [0.25, 0.3) is 5.91 Å². The van der Waals surface area contributed by atoms with Crippen molar-refractivity contribution in [2.24, 2.45) is 0 Å². The Balaban J connectivity index is 2.03. The van der Waals surface area contributed by atoms with E-state index in [2.05, 4.69) is 17.2 Å². The summed E-state index contributed by atoms with van der Waals surface area (Å²) in [5, 5.41) is 3.20. The summed E-state index contributed by atoms with van der Waals surface area (Å²) >= 11 is 0. The first-order chi connectivity index (χ1) is 12.2. The maximum Gasteiger partial charge on any atom is 0.410 e. The molecule has 6 nitrogen and oxygen atoms in total. The van der Waals surface area contributed by atoms with Gasteiger partial charge in [0.2, 0.25) is 0 Å². The molecule has 144 valence electrons. The molecule has 2 amide bonds. The molecule has 1 N–H and O–H groups in total. The van der Waals surface area contributed by atoms with E-state index >= 15 is 0 Å². The number of rotatable bonds is 4. The first-order valence-corrected chi connectivity index (χ1v) is 9.44. The highest BCUT2D eigenvalue weighted by Crippen LogP contribution is 2.27. The number of pyridine rings is 1. The fourth-order valence-electron chi connectivity index (χ4n) is 3.24. The summed E-state index contributed by atoms with van der Waals surface area (Å²) in [6, 6.07) is 3.79. The van der Waals surface area contributed by atoms with Gasteiger partial charge in [-0.05, 0) is 58.1 Å². The van der Waals surface area contributed by atoms with Gasteiger partial charge in [-0.2, -0.15) is 0 Å². The number of carbonyl (C=O) groups excluding carboxylic acids is 2. The van der Waals surface area contributed by atoms with Crippen molar-refractivity contribution in [3.8, 4) is 0 Å². The van der Waals surface area contributed by atoms with Gasteiger partial charge in [0.05, 0.1) is 0 Å². The molecule has 0 bridgehead atoms. The molecule has 1 aromatic heterocycles. The molecule has 26 heavy (non-hydrogen) atoms. The average molecular weight is 361 g/mol. The van der Waals surface area contributed by atoms with Crippen molar-refractivity contribution in [1.82, 2.24) is 15.2 Å². The van der Waals surface area contributed by atoms with Crippen LogP contribution in [0.25, 0.3) is 0 Å². The number of nitrogens with one attached hydrogen (secondary N) is 1. The minimum absolute atomic E-state index is 0.130. The maximum atomic E-state index is 12.8. The average Bonchev–Trinajstić information content (AvgIpc) is 2.60. The molecule has 1 saturated heterocycles. The number of nitrogens with zero attached hydrogens (tertiary/aromatic N) is 2. The number of likely N-dealkylation sites (tertiary alicyclic amines) is 1. The van der Waals surface area contributed by atoms with Crippen molar-refractivity contribution in [2.75, 3.05) is 13.1 Å². The lowest BCUT2D eigenvalue weighted by Gasteiger charge is -2.42. The minimum atomic E-state index is -0.500. The SMILES string of the molecule is CCc1cccnc1C(=O)NC1(CC)CCN(C(=O)OC(C)(C)C)CC1. The molecule has 1 aliphatic heterocycles. The topological polar surface area (TPSA) is 71.5 Å². The summed E-state index contributed by atoms with van der Waals surface area (Å²) in [6.45, 7) is 10.8. The Morgan fingerprint density at radius 3 is 2.46 bits per heavy atom. The summed E-state index contributed by atoms with van der Waals surface area (Å²) in [6.07, 6.45) is 4.37. The molecule has 0 spiro atoms. The van der Waals surface area contributed by atoms with E-state index in [4.69, 9.17) is 4.74 Å². The summed E-state index contributed by atoms with van der Waals surface area (Å²) in [5.74, 6) is -0.130. The lowest BCUT2D eigenvalue weighted by Crippen LogP contribution is -2.56. The molecular weight excluding hydrogens is 330 g/mol. The second-order valence-corrected chi connectivity index (χ2v) is 7.92. The van der Waals surface area contributed by atoms with E-state index < -0.39 is 5.60 Å². The standard InChI is InChI=1S/C20H31N3O3/c1-6-15-9-8-12-21-16(15)17(24)22-20(7-2)10-13-23(14-11-20)18(25)26-19(3,4)5/h8-9,12H,6-7,10-11,13-14H2,1-5H3,(H,22,24). The van der Waals surface area contributed by atoms with Gasteiger partial charge >= 0.3 is 6.09 Å². The Hall–Kier alpha value is -2.11. The lowest BCUT2D eigenvalue weighted by atomic mass is 9.84. The van der Waals surface area contributed by atoms with Crippen LogP contribution in [0.3, 0.4) is 0 Å². The van der Waals surface area contributed by atoms with Crippen molar-refractivity contribution in [3.05, 3.63) is 29.6 Å². The monoisotopic (exact) mass is 361 g/mol. The molecule has 0 aliphatic carbocycles. The van der Waals surface area contributed by atoms with E-state index in [9.17, 15) is 9.59 Å². The van der Waals surface area contributed by atoms with Crippen molar-refractivity contribution >= 4 is 12.0 Å². The van der Waals surface area contributed by atoms with Gasteiger partial charge < -0.3 is 15.0 Å². The lowest BCUT2D eigenvalue weighted by molar-refractivity contribution is 0.0146. The van der Waals surface area contributed by atoms with E-state index in [0.717, 1.165) is 18.4 Å². The van der Waals surface area contributed by atoms with Crippen LogP contribution in [0.15, 0.2) is 18.3 Å². The predicted octanol–water partition coefficient (Wildman–Crippen LogP) is 3.55. The van der Waals surface area contributed by atoms with Crippen molar-refractivity contribution in [1.29, 1.82) is 0 Å². The third-order valence-electron chi connectivity index (χ3n) is 4.91. The Morgan fingerprint density at radius 2 is 1.92 bits per heavy atom. The maximum absolute atomic E-state index is 12.8. The zero-order valence-corrected chi connectivity index (χ0v) is 16.6. The molecule has 6 heteroatoms. The second kappa shape index (κ2) is 8.06. The van der Waals surface area contributed by atoms with Crippen LogP contribution in [0.1, 0.15) is 69.9 Å². The molecule has 0 radical (unpaired) electrons. The second-order valence-electron chi connectivity index (χ2n) is 7.92. The molecule has 0 aromatic carbocycles. The number of hydrogen-bond donors (Lipinski definition) is 1. The highest BCUT2D eigenvalue weighted by atomic mass is 16.6. The fraction of sp³-hybridized carbons (Fsp3) is 0.650. The fourth-order valence-corrected chi connectivity index (χ4v) is 3.24. The molecule has 1 fully saturated rings. The van der Waals surface area contributed by atoms with Gasteiger partial charge in [-0.1, -0.05) is 19.9 Å². The van der Waals surface area contributed by atoms with Crippen LogP contribution in [-0.2, 0) is 11.2 Å². The first kappa shape index (κ1) is 20.2. The van der Waals surface area contributed by atoms with Crippen molar-refractivity contribution in [2.45, 2.75) is 71.4 Å². The molecule has 2 rings (SSSR count). The zero-order valence-electron chi connectivity index (χ0n) is 16.6. The predicted molar refractivity (Wildman–Crippen MR) is 101 cm³/mol. The van der Waals surface area contributed by atoms with Gasteiger partial charge in [-0.15, -0.1) is 0 Å². The van der Waals surface area contributed by atoms with E-state index in [0.29, 0.717) is 31.6 Å². The third kappa shape index (κ3) is 4.96. The summed E-state index contributed by atoms with van der Waals surface area (Å²) < 4.78 is 5.45. The van der Waals surface area contributed by atoms with Crippen LogP contribution in [0.2, 0.25) is 0 Å². The van der Waals surface area contributed by atoms with Gasteiger partial charge in [0, 0.05) is 24.8 Å². The number of ether oxygens (including phenoxy) is 1. The Kier molecular flexibility index (Phi) is 6.26. The van der Waals surface area contributed by atoms with Crippen molar-refractivity contribution < 1.29 is 14.3 Å². The molecule has 1 aliphatic rings. The van der Waals surface area contributed by atoms with Crippen LogP contribution >= 0.6 is 0 Å². The van der Waals surface area contributed by atoms with Crippen LogP contribution in [-0.4, -0.2) is 46.1 Å². The largest absolute Gasteiger partial charge is 0.444 e. The first-order valence-electron chi connectivity index (χ1n) is 9.44. The summed E-state index contributed by atoms with van der Waals surface area (Å²) in [7, 11) is 0. The van der Waals surface area contributed by atoms with Gasteiger partial charge in [0.15, 0.2) is 0 Å². The minimum Gasteiger partial charge on any atom is -0.444 e. The number of aromatic nitrogens is 1. The smallest absolute Gasteiger partial charge is 0.410 e. The van der Waals surface area contributed by atoms with E-state index in [1.54, 1.807) is 11.1 Å². The summed E-state index contributed by atoms with van der Waals surface area (Å²) in [5.41, 5.74) is 0.637. The highest BCUT2D eigenvalue weighted by Gasteiger charge is 2.37. The molecule has 2 heterocycles. The third-order valence-corrected chi connectivity index (χ3v) is 4.91. The highest BCUT2D eigenvalue weighted by molar-refractivity contribution is 5.94. The van der Waals surface area contributed by atoms with E-state index in [-0.39, 0.29) is 17.5 Å². The molecule has 0 saturated carbocycles. The Bertz CT molecular complexity index is 644. The molecule has 1 aromatic rings. The van der Waals surface area contributed by atoms with Crippen LogP contribution < -0.4 is 5.32 Å². The van der Waals surface area contributed by atoms with Crippen molar-refractivity contribution in [3.63, 3.8) is 0 Å². The van der Waals surface area contributed by atoms with Gasteiger partial charge in [-0.25, -0.2) is 4.79 Å². The number of carbonyl (C=O) groups is 2. The molecular formula is C20H31N3O3. The van der Waals surface area contributed by atoms with Gasteiger partial charge in [0.1, 0.15) is 11.3 Å². The number of hydrogen-bond acceptors (Lipinski definition) is 4. The van der Waals surface area contributed by atoms with E-state index in [1.807, 2.05) is 39.8 Å². The van der Waals surface area contributed by atoms with Gasteiger partial charge in [-0.3, -0.25) is 9.78 Å². The van der Waals surface area contributed by atoms with Crippen LogP contribution in [0.4, 0.5) is 4.79 Å². The number of amides is 2. The molecule has 0 unspecified atom stereocenters. The van der Waals surface area contributed by atoms with E-state index in [1.165, 1.54) is 0 Å². The van der Waals surface area contributed by atoms with Crippen LogP contribution in [0, 0.1) is 0 Å². The molecule has 0 atom stereocenters. The Morgan fingerprint density at radius 1 is 1.27 bits per heavy atom. The van der Waals surface area contributed by atoms with Crippen LogP contribution in [0.5, 0.6) is 0 Å². The number of aryl methyl sites for hydroxylation is 1. The Labute approximate surface area is 156 Å². The number of piperidine rings is 1. The normalized spacial score (nSPS) is 16.9.